The smallest absolute Gasteiger partial charge is 0.337 e. The Bertz CT molecular complexity index is 545. The summed E-state index contributed by atoms with van der Waals surface area (Å²) in [7, 11) is 0. The van der Waals surface area contributed by atoms with E-state index in [1.807, 2.05) is 6.92 Å². The molecule has 0 amide bonds. The topological polar surface area (TPSA) is 39.4 Å². The lowest BCUT2D eigenvalue weighted by Crippen LogP contribution is -1.96. The summed E-state index contributed by atoms with van der Waals surface area (Å²) < 4.78 is 10.3. The second-order valence-electron chi connectivity index (χ2n) is 3.00. The van der Waals surface area contributed by atoms with Gasteiger partial charge < -0.3 is 9.15 Å². The summed E-state index contributed by atoms with van der Waals surface area (Å²) in [5.41, 5.74) is 0.0209. The number of hydrogen-bond acceptors (Lipinski definition) is 3. The van der Waals surface area contributed by atoms with Crippen molar-refractivity contribution in [2.24, 2.45) is 0 Å². The van der Waals surface area contributed by atoms with E-state index >= 15 is 0 Å². The number of ether oxygens (including phenoxy) is 1. The van der Waals surface area contributed by atoms with Gasteiger partial charge in [0.2, 0.25) is 0 Å². The van der Waals surface area contributed by atoms with Gasteiger partial charge in [-0.2, -0.15) is 0 Å². The Hall–Kier alpha value is -1.48. The molecule has 0 unspecified atom stereocenters. The molecule has 2 aromatic rings. The van der Waals surface area contributed by atoms with Gasteiger partial charge in [0.05, 0.1) is 11.6 Å². The summed E-state index contributed by atoms with van der Waals surface area (Å²) in [6, 6.07) is 6.42. The molecule has 15 heavy (non-hydrogen) atoms. The van der Waals surface area contributed by atoms with Crippen LogP contribution in [-0.4, -0.2) is 6.61 Å². The molecular weight excluding hydrogens is 216 g/mol. The Morgan fingerprint density at radius 3 is 2.93 bits per heavy atom. The van der Waals surface area contributed by atoms with Crippen molar-refractivity contribution in [2.75, 3.05) is 6.61 Å². The van der Waals surface area contributed by atoms with Crippen molar-refractivity contribution in [2.45, 2.75) is 6.92 Å². The third-order valence-corrected chi connectivity index (χ3v) is 2.29. The predicted molar refractivity (Wildman–Crippen MR) is 58.7 cm³/mol. The quantitative estimate of drug-likeness (QED) is 0.737. The minimum Gasteiger partial charge on any atom is -0.494 e. The largest absolute Gasteiger partial charge is 0.494 e. The van der Waals surface area contributed by atoms with Crippen LogP contribution in [0.15, 0.2) is 33.5 Å². The van der Waals surface area contributed by atoms with Crippen LogP contribution >= 0.6 is 11.6 Å². The molecule has 0 N–H and O–H groups in total. The summed E-state index contributed by atoms with van der Waals surface area (Å²) in [5, 5.41) is 1.06. The maximum Gasteiger partial charge on any atom is 0.337 e. The Labute approximate surface area is 91.2 Å². The molecule has 0 saturated carbocycles. The fourth-order valence-corrected chi connectivity index (χ4v) is 1.60. The van der Waals surface area contributed by atoms with E-state index in [1.54, 1.807) is 18.2 Å². The Balaban J connectivity index is 2.66. The van der Waals surface area contributed by atoms with Crippen LogP contribution in [0, 0.1) is 0 Å². The summed E-state index contributed by atoms with van der Waals surface area (Å²) in [6.07, 6.45) is 0. The predicted octanol–water partition coefficient (Wildman–Crippen LogP) is 2.85. The van der Waals surface area contributed by atoms with E-state index in [-0.39, 0.29) is 0 Å². The Morgan fingerprint density at radius 2 is 2.20 bits per heavy atom. The van der Waals surface area contributed by atoms with E-state index in [2.05, 4.69) is 0 Å². The number of benzene rings is 1. The van der Waals surface area contributed by atoms with Gasteiger partial charge in [0.25, 0.3) is 0 Å². The molecule has 0 bridgehead atoms. The van der Waals surface area contributed by atoms with Crippen LogP contribution < -0.4 is 10.4 Å². The van der Waals surface area contributed by atoms with Crippen molar-refractivity contribution < 1.29 is 9.15 Å². The summed E-state index contributed by atoms with van der Waals surface area (Å²) in [4.78, 5) is 11.0. The van der Waals surface area contributed by atoms with Crippen molar-refractivity contribution >= 4 is 22.6 Å². The summed E-state index contributed by atoms with van der Waals surface area (Å²) >= 11 is 5.92. The summed E-state index contributed by atoms with van der Waals surface area (Å²) in [6.45, 7) is 2.48. The normalized spacial score (nSPS) is 10.5. The first-order valence-corrected chi connectivity index (χ1v) is 4.94. The molecule has 2 rings (SSSR count). The molecule has 0 spiro atoms. The van der Waals surface area contributed by atoms with Crippen molar-refractivity contribution in [1.29, 1.82) is 0 Å². The third-order valence-electron chi connectivity index (χ3n) is 1.97. The lowest BCUT2D eigenvalue weighted by Gasteiger charge is -2.04. The maximum atomic E-state index is 11.0. The van der Waals surface area contributed by atoms with Gasteiger partial charge in [-0.15, -0.1) is 0 Å². The van der Waals surface area contributed by atoms with Crippen LogP contribution in [0.25, 0.3) is 11.0 Å². The van der Waals surface area contributed by atoms with E-state index in [0.717, 1.165) is 0 Å². The van der Waals surface area contributed by atoms with Gasteiger partial charge in [0.1, 0.15) is 11.3 Å². The minimum atomic E-state index is -0.448. The molecule has 1 aromatic heterocycles. The average Bonchev–Trinajstić information content (AvgIpc) is 2.19. The van der Waals surface area contributed by atoms with Crippen molar-refractivity contribution in [3.05, 3.63) is 39.7 Å². The molecule has 0 aliphatic rings. The highest BCUT2D eigenvalue weighted by atomic mass is 35.5. The van der Waals surface area contributed by atoms with E-state index in [9.17, 15) is 4.79 Å². The molecule has 0 fully saturated rings. The fraction of sp³-hybridized carbons (Fsp3) is 0.182. The van der Waals surface area contributed by atoms with Crippen molar-refractivity contribution in [3.8, 4) is 5.75 Å². The molecule has 0 atom stereocenters. The van der Waals surface area contributed by atoms with Gasteiger partial charge in [-0.05, 0) is 25.1 Å². The molecule has 0 radical (unpaired) electrons. The molecule has 1 heterocycles. The van der Waals surface area contributed by atoms with Gasteiger partial charge in [-0.1, -0.05) is 11.6 Å². The van der Waals surface area contributed by atoms with Crippen LogP contribution in [0.1, 0.15) is 6.92 Å². The lowest BCUT2D eigenvalue weighted by atomic mass is 10.2. The molecular formula is C11H9ClO3. The first-order chi connectivity index (χ1) is 7.20. The third kappa shape index (κ3) is 1.97. The number of hydrogen-bond donors (Lipinski definition) is 0. The van der Waals surface area contributed by atoms with Crippen LogP contribution in [0.2, 0.25) is 5.02 Å². The zero-order valence-electron chi connectivity index (χ0n) is 8.12. The number of fused-ring (bicyclic) bond motifs is 1. The van der Waals surface area contributed by atoms with Crippen molar-refractivity contribution in [1.82, 2.24) is 0 Å². The van der Waals surface area contributed by atoms with Gasteiger partial charge in [-0.25, -0.2) is 4.79 Å². The van der Waals surface area contributed by atoms with Crippen LogP contribution in [0.4, 0.5) is 0 Å². The highest BCUT2D eigenvalue weighted by molar-refractivity contribution is 6.35. The molecule has 4 heteroatoms. The summed E-state index contributed by atoms with van der Waals surface area (Å²) in [5.74, 6) is 0.709. The zero-order chi connectivity index (χ0) is 10.8. The SMILES string of the molecule is CCOc1ccc2oc(=O)cc(Cl)c2c1. The fourth-order valence-electron chi connectivity index (χ4n) is 1.36. The van der Waals surface area contributed by atoms with Crippen LogP contribution in [0.3, 0.4) is 0 Å². The van der Waals surface area contributed by atoms with Gasteiger partial charge >= 0.3 is 5.63 Å². The first-order valence-electron chi connectivity index (χ1n) is 4.57. The first kappa shape index (κ1) is 10.1. The van der Waals surface area contributed by atoms with E-state index in [0.29, 0.717) is 28.3 Å². The van der Waals surface area contributed by atoms with E-state index in [4.69, 9.17) is 20.8 Å². The highest BCUT2D eigenvalue weighted by Crippen LogP contribution is 2.25. The molecule has 0 saturated heterocycles. The highest BCUT2D eigenvalue weighted by Gasteiger charge is 2.04. The standard InChI is InChI=1S/C11H9ClO3/c1-2-14-7-3-4-10-8(5-7)9(12)6-11(13)15-10/h3-6H,2H2,1H3. The van der Waals surface area contributed by atoms with Gasteiger partial charge in [-0.3, -0.25) is 0 Å². The van der Waals surface area contributed by atoms with Gasteiger partial charge in [0, 0.05) is 11.5 Å². The van der Waals surface area contributed by atoms with Crippen molar-refractivity contribution in [3.63, 3.8) is 0 Å². The molecule has 0 aliphatic heterocycles. The van der Waals surface area contributed by atoms with E-state index < -0.39 is 5.63 Å². The van der Waals surface area contributed by atoms with Crippen LogP contribution in [-0.2, 0) is 0 Å². The molecule has 1 aromatic carbocycles. The molecule has 3 nitrogen and oxygen atoms in total. The minimum absolute atomic E-state index is 0.378. The second-order valence-corrected chi connectivity index (χ2v) is 3.41. The number of rotatable bonds is 2. The average molecular weight is 225 g/mol. The monoisotopic (exact) mass is 224 g/mol. The van der Waals surface area contributed by atoms with Crippen LogP contribution in [0.5, 0.6) is 5.75 Å². The lowest BCUT2D eigenvalue weighted by molar-refractivity contribution is 0.340. The van der Waals surface area contributed by atoms with E-state index in [1.165, 1.54) is 6.07 Å². The molecule has 0 aliphatic carbocycles. The molecule has 78 valence electrons. The maximum absolute atomic E-state index is 11.0. The van der Waals surface area contributed by atoms with Gasteiger partial charge in [0.15, 0.2) is 0 Å². The Kier molecular flexibility index (Phi) is 2.64. The number of halogens is 1. The Morgan fingerprint density at radius 1 is 1.40 bits per heavy atom. The second kappa shape index (κ2) is 3.95. The zero-order valence-corrected chi connectivity index (χ0v) is 8.88.